The molecule has 0 unspecified atom stereocenters. The molecule has 0 saturated carbocycles. The summed E-state index contributed by atoms with van der Waals surface area (Å²) >= 11 is 0. The SMILES string of the molecule is CCCC[C@@H](NC(=O)[C@H](Cc1ccc(O)cc1)NC(=O)OC(C)(C)C)C(=O)NCC(=O)O. The molecule has 0 heterocycles. The molecule has 0 fully saturated rings. The number of carbonyl (C=O) groups excluding carboxylic acids is 3. The van der Waals surface area contributed by atoms with Gasteiger partial charge in [-0.15, -0.1) is 0 Å². The first-order valence-electron chi connectivity index (χ1n) is 10.5. The molecule has 5 N–H and O–H groups in total. The number of hydrogen-bond acceptors (Lipinski definition) is 6. The Bertz CT molecular complexity index is 788. The van der Waals surface area contributed by atoms with E-state index in [2.05, 4.69) is 16.0 Å². The first kappa shape index (κ1) is 26.7. The van der Waals surface area contributed by atoms with Crippen LogP contribution in [0.15, 0.2) is 24.3 Å². The molecule has 0 aliphatic rings. The van der Waals surface area contributed by atoms with Crippen LogP contribution in [-0.2, 0) is 25.5 Å². The summed E-state index contributed by atoms with van der Waals surface area (Å²) in [7, 11) is 0. The summed E-state index contributed by atoms with van der Waals surface area (Å²) in [5, 5.41) is 25.7. The van der Waals surface area contributed by atoms with Crippen LogP contribution in [0.4, 0.5) is 4.79 Å². The average Bonchev–Trinajstić information content (AvgIpc) is 2.68. The highest BCUT2D eigenvalue weighted by atomic mass is 16.6. The van der Waals surface area contributed by atoms with Crippen molar-refractivity contribution in [1.29, 1.82) is 0 Å². The van der Waals surface area contributed by atoms with E-state index in [0.717, 1.165) is 6.42 Å². The highest BCUT2D eigenvalue weighted by Crippen LogP contribution is 2.13. The van der Waals surface area contributed by atoms with Crippen LogP contribution in [-0.4, -0.2) is 58.3 Å². The minimum absolute atomic E-state index is 0.0598. The topological polar surface area (TPSA) is 154 Å². The second-order valence-electron chi connectivity index (χ2n) is 8.38. The molecule has 0 aliphatic heterocycles. The van der Waals surface area contributed by atoms with Crippen molar-refractivity contribution in [1.82, 2.24) is 16.0 Å². The molecular formula is C22H33N3O7. The number of aliphatic carboxylic acids is 1. The number of amides is 3. The van der Waals surface area contributed by atoms with Gasteiger partial charge < -0.3 is 30.9 Å². The number of phenols is 1. The lowest BCUT2D eigenvalue weighted by atomic mass is 10.0. The monoisotopic (exact) mass is 451 g/mol. The van der Waals surface area contributed by atoms with Crippen molar-refractivity contribution in [3.63, 3.8) is 0 Å². The molecule has 1 aromatic carbocycles. The number of aromatic hydroxyl groups is 1. The Morgan fingerprint density at radius 3 is 2.16 bits per heavy atom. The van der Waals surface area contributed by atoms with Gasteiger partial charge in [-0.1, -0.05) is 31.9 Å². The number of carboxylic acids is 1. The Balaban J connectivity index is 3.00. The maximum absolute atomic E-state index is 13.0. The molecule has 10 nitrogen and oxygen atoms in total. The fourth-order valence-corrected chi connectivity index (χ4v) is 2.76. The predicted molar refractivity (Wildman–Crippen MR) is 117 cm³/mol. The van der Waals surface area contributed by atoms with Crippen molar-refractivity contribution in [3.05, 3.63) is 29.8 Å². The number of unbranched alkanes of at least 4 members (excludes halogenated alkanes) is 1. The Morgan fingerprint density at radius 1 is 1.00 bits per heavy atom. The third-order valence-corrected chi connectivity index (χ3v) is 4.28. The fraction of sp³-hybridized carbons (Fsp3) is 0.545. The summed E-state index contributed by atoms with van der Waals surface area (Å²) in [6, 6.07) is 4.12. The van der Waals surface area contributed by atoms with E-state index in [1.165, 1.54) is 12.1 Å². The second-order valence-corrected chi connectivity index (χ2v) is 8.38. The molecule has 0 aliphatic carbocycles. The molecule has 2 atom stereocenters. The van der Waals surface area contributed by atoms with Crippen LogP contribution in [0.25, 0.3) is 0 Å². The van der Waals surface area contributed by atoms with E-state index in [0.29, 0.717) is 18.4 Å². The van der Waals surface area contributed by atoms with Crippen molar-refractivity contribution in [2.75, 3.05) is 6.54 Å². The highest BCUT2D eigenvalue weighted by molar-refractivity contribution is 5.92. The van der Waals surface area contributed by atoms with Crippen LogP contribution in [0.1, 0.15) is 52.5 Å². The lowest BCUT2D eigenvalue weighted by Crippen LogP contribution is -2.55. The Labute approximate surface area is 187 Å². The lowest BCUT2D eigenvalue weighted by Gasteiger charge is -2.25. The number of phenolic OH excluding ortho intramolecular Hbond substituents is 1. The molecule has 10 heteroatoms. The number of hydrogen-bond donors (Lipinski definition) is 5. The first-order chi connectivity index (χ1) is 14.9. The van der Waals surface area contributed by atoms with Crippen molar-refractivity contribution in [2.24, 2.45) is 0 Å². The number of nitrogens with one attached hydrogen (secondary N) is 3. The van der Waals surface area contributed by atoms with Crippen molar-refractivity contribution < 1.29 is 34.1 Å². The number of alkyl carbamates (subject to hydrolysis) is 1. The van der Waals surface area contributed by atoms with E-state index in [9.17, 15) is 24.3 Å². The smallest absolute Gasteiger partial charge is 0.408 e. The zero-order chi connectivity index (χ0) is 24.3. The van der Waals surface area contributed by atoms with Crippen LogP contribution in [0.5, 0.6) is 5.75 Å². The standard InChI is InChI=1S/C22H33N3O7/c1-5-6-7-16(19(29)23-13-18(27)28)24-20(30)17(25-21(31)32-22(2,3)4)12-14-8-10-15(26)11-9-14/h8-11,16-17,26H,5-7,12-13H2,1-4H3,(H,23,29)(H,24,30)(H,25,31)(H,27,28)/t16-,17+/m1/s1. The van der Waals surface area contributed by atoms with Crippen LogP contribution in [0.3, 0.4) is 0 Å². The highest BCUT2D eigenvalue weighted by Gasteiger charge is 2.28. The molecule has 0 spiro atoms. The first-order valence-corrected chi connectivity index (χ1v) is 10.5. The summed E-state index contributed by atoms with van der Waals surface area (Å²) < 4.78 is 5.24. The average molecular weight is 452 g/mol. The lowest BCUT2D eigenvalue weighted by molar-refractivity contribution is -0.138. The van der Waals surface area contributed by atoms with Gasteiger partial charge in [0.1, 0.15) is 30.0 Å². The van der Waals surface area contributed by atoms with Crippen molar-refractivity contribution in [3.8, 4) is 5.75 Å². The van der Waals surface area contributed by atoms with Gasteiger partial charge in [0.05, 0.1) is 0 Å². The summed E-state index contributed by atoms with van der Waals surface area (Å²) in [5.41, 5.74) is -0.108. The summed E-state index contributed by atoms with van der Waals surface area (Å²) in [5.74, 6) is -2.37. The minimum atomic E-state index is -1.20. The molecule has 0 saturated heterocycles. The number of carboxylic acid groups (broad SMARTS) is 1. The van der Waals surface area contributed by atoms with Crippen molar-refractivity contribution in [2.45, 2.75) is 71.1 Å². The summed E-state index contributed by atoms with van der Waals surface area (Å²) in [6.45, 7) is 6.43. The molecule has 32 heavy (non-hydrogen) atoms. The molecule has 1 rings (SSSR count). The molecule has 0 bridgehead atoms. The van der Waals surface area contributed by atoms with Gasteiger partial charge in [0, 0.05) is 6.42 Å². The zero-order valence-corrected chi connectivity index (χ0v) is 18.9. The fourth-order valence-electron chi connectivity index (χ4n) is 2.76. The quantitative estimate of drug-likeness (QED) is 0.343. The van der Waals surface area contributed by atoms with E-state index in [1.807, 2.05) is 6.92 Å². The van der Waals surface area contributed by atoms with E-state index >= 15 is 0 Å². The van der Waals surface area contributed by atoms with E-state index in [4.69, 9.17) is 9.84 Å². The van der Waals surface area contributed by atoms with E-state index in [-0.39, 0.29) is 12.2 Å². The summed E-state index contributed by atoms with van der Waals surface area (Å²) in [6.07, 6.45) is 1.00. The van der Waals surface area contributed by atoms with Gasteiger partial charge in [-0.05, 0) is 44.9 Å². The Morgan fingerprint density at radius 2 is 1.62 bits per heavy atom. The van der Waals surface area contributed by atoms with E-state index in [1.54, 1.807) is 32.9 Å². The normalized spacial score (nSPS) is 12.9. The molecule has 3 amide bonds. The number of rotatable bonds is 11. The summed E-state index contributed by atoms with van der Waals surface area (Å²) in [4.78, 5) is 48.4. The van der Waals surface area contributed by atoms with Gasteiger partial charge >= 0.3 is 12.1 Å². The van der Waals surface area contributed by atoms with Gasteiger partial charge in [-0.25, -0.2) is 4.79 Å². The van der Waals surface area contributed by atoms with Gasteiger partial charge in [0.25, 0.3) is 0 Å². The number of ether oxygens (including phenoxy) is 1. The molecular weight excluding hydrogens is 418 g/mol. The molecule has 178 valence electrons. The maximum Gasteiger partial charge on any atom is 0.408 e. The number of carbonyl (C=O) groups is 4. The Kier molecular flexibility index (Phi) is 10.5. The third kappa shape index (κ3) is 10.6. The Hall–Kier alpha value is -3.30. The largest absolute Gasteiger partial charge is 0.508 e. The molecule has 0 radical (unpaired) electrons. The second kappa shape index (κ2) is 12.5. The molecule has 1 aromatic rings. The van der Waals surface area contributed by atoms with Crippen LogP contribution >= 0.6 is 0 Å². The van der Waals surface area contributed by atoms with Crippen LogP contribution in [0, 0.1) is 0 Å². The minimum Gasteiger partial charge on any atom is -0.508 e. The van der Waals surface area contributed by atoms with Gasteiger partial charge in [-0.3, -0.25) is 14.4 Å². The zero-order valence-electron chi connectivity index (χ0n) is 18.9. The van der Waals surface area contributed by atoms with Gasteiger partial charge in [-0.2, -0.15) is 0 Å². The maximum atomic E-state index is 13.0. The van der Waals surface area contributed by atoms with E-state index < -0.39 is 48.1 Å². The van der Waals surface area contributed by atoms with Crippen LogP contribution in [0.2, 0.25) is 0 Å². The third-order valence-electron chi connectivity index (χ3n) is 4.28. The predicted octanol–water partition coefficient (Wildman–Crippen LogP) is 1.70. The van der Waals surface area contributed by atoms with Crippen LogP contribution < -0.4 is 16.0 Å². The number of benzene rings is 1. The van der Waals surface area contributed by atoms with Gasteiger partial charge in [0.2, 0.25) is 11.8 Å². The molecule has 0 aromatic heterocycles. The van der Waals surface area contributed by atoms with Crippen molar-refractivity contribution >= 4 is 23.9 Å². The van der Waals surface area contributed by atoms with Gasteiger partial charge in [0.15, 0.2) is 0 Å².